The smallest absolute Gasteiger partial charge is 0.231 e. The van der Waals surface area contributed by atoms with Gasteiger partial charge in [-0.15, -0.1) is 0 Å². The van der Waals surface area contributed by atoms with Crippen LogP contribution in [-0.4, -0.2) is 30.4 Å². The second kappa shape index (κ2) is 3.75. The molecule has 2 aliphatic heterocycles. The number of benzene rings is 1. The van der Waals surface area contributed by atoms with Crippen molar-refractivity contribution in [2.24, 2.45) is 0 Å². The van der Waals surface area contributed by atoms with Crippen molar-refractivity contribution in [1.82, 2.24) is 4.90 Å². The normalized spacial score (nSPS) is 23.3. The molecule has 16 heavy (non-hydrogen) atoms. The summed E-state index contributed by atoms with van der Waals surface area (Å²) >= 11 is 2.23. The zero-order chi connectivity index (χ0) is 11.3. The van der Waals surface area contributed by atoms with E-state index in [9.17, 15) is 5.11 Å². The minimum Gasteiger partial charge on any atom is -0.454 e. The number of ether oxygens (including phenoxy) is 2. The van der Waals surface area contributed by atoms with Gasteiger partial charge in [-0.2, -0.15) is 0 Å². The molecule has 0 aromatic heterocycles. The number of aliphatic hydroxyl groups is 1. The van der Waals surface area contributed by atoms with Crippen molar-refractivity contribution in [3.05, 3.63) is 20.8 Å². The lowest BCUT2D eigenvalue weighted by Crippen LogP contribution is -2.30. The summed E-state index contributed by atoms with van der Waals surface area (Å²) < 4.78 is 11.8. The first-order chi connectivity index (χ1) is 7.66. The molecule has 0 aliphatic carbocycles. The van der Waals surface area contributed by atoms with Gasteiger partial charge in [-0.3, -0.25) is 4.90 Å². The number of aliphatic hydroxyl groups excluding tert-OH is 1. The molecule has 0 bridgehead atoms. The Balaban J connectivity index is 2.18. The molecule has 0 fully saturated rings. The number of hydrogen-bond acceptors (Lipinski definition) is 4. The van der Waals surface area contributed by atoms with Crippen LogP contribution in [0.25, 0.3) is 0 Å². The third-order valence-corrected chi connectivity index (χ3v) is 4.06. The second-order valence-corrected chi connectivity index (χ2v) is 5.29. The van der Waals surface area contributed by atoms with Gasteiger partial charge in [-0.1, -0.05) is 0 Å². The summed E-state index contributed by atoms with van der Waals surface area (Å²) in [5.41, 5.74) is 2.14. The average molecular weight is 333 g/mol. The first-order valence-corrected chi connectivity index (χ1v) is 6.22. The summed E-state index contributed by atoms with van der Waals surface area (Å²) in [5.74, 6) is 1.58. The minimum atomic E-state index is -0.435. The summed E-state index contributed by atoms with van der Waals surface area (Å²) in [5, 5.41) is 10.1. The summed E-state index contributed by atoms with van der Waals surface area (Å²) in [6.45, 7) is 1.79. The molecule has 5 heteroatoms. The van der Waals surface area contributed by atoms with Crippen LogP contribution >= 0.6 is 22.6 Å². The quantitative estimate of drug-likeness (QED) is 0.731. The van der Waals surface area contributed by atoms with Crippen molar-refractivity contribution >= 4 is 22.6 Å². The Hall–Kier alpha value is -0.530. The SMILES string of the molecule is CN1Cc2cc3c(c(I)c2[C@@H](O)C1)OCO3. The summed E-state index contributed by atoms with van der Waals surface area (Å²) in [6, 6.07) is 1.98. The van der Waals surface area contributed by atoms with Gasteiger partial charge in [-0.05, 0) is 41.3 Å². The molecule has 0 amide bonds. The number of rotatable bonds is 0. The summed E-state index contributed by atoms with van der Waals surface area (Å²) in [4.78, 5) is 2.10. The van der Waals surface area contributed by atoms with Gasteiger partial charge in [0.1, 0.15) is 0 Å². The first-order valence-electron chi connectivity index (χ1n) is 5.14. The molecule has 4 nitrogen and oxygen atoms in total. The molecule has 0 spiro atoms. The predicted octanol–water partition coefficient (Wildman–Crippen LogP) is 1.50. The number of hydrogen-bond donors (Lipinski definition) is 1. The molecule has 0 radical (unpaired) electrons. The highest BCUT2D eigenvalue weighted by Gasteiger charge is 2.30. The Bertz CT molecular complexity index is 449. The Morgan fingerprint density at radius 1 is 1.50 bits per heavy atom. The van der Waals surface area contributed by atoms with Crippen molar-refractivity contribution in [2.45, 2.75) is 12.6 Å². The van der Waals surface area contributed by atoms with E-state index in [2.05, 4.69) is 27.5 Å². The summed E-state index contributed by atoms with van der Waals surface area (Å²) in [7, 11) is 2.00. The topological polar surface area (TPSA) is 41.9 Å². The maximum atomic E-state index is 10.1. The third kappa shape index (κ3) is 1.49. The van der Waals surface area contributed by atoms with E-state index in [1.807, 2.05) is 13.1 Å². The highest BCUT2D eigenvalue weighted by molar-refractivity contribution is 14.1. The van der Waals surface area contributed by atoms with Crippen molar-refractivity contribution in [1.29, 1.82) is 0 Å². The Morgan fingerprint density at radius 2 is 2.31 bits per heavy atom. The van der Waals surface area contributed by atoms with E-state index in [4.69, 9.17) is 9.47 Å². The monoisotopic (exact) mass is 333 g/mol. The van der Waals surface area contributed by atoms with Crippen LogP contribution in [0.2, 0.25) is 0 Å². The van der Waals surface area contributed by atoms with Gasteiger partial charge in [0.25, 0.3) is 0 Å². The van der Waals surface area contributed by atoms with Crippen LogP contribution in [0.15, 0.2) is 6.07 Å². The van der Waals surface area contributed by atoms with E-state index in [1.165, 1.54) is 0 Å². The maximum Gasteiger partial charge on any atom is 0.231 e. The van der Waals surface area contributed by atoms with Gasteiger partial charge in [-0.25, -0.2) is 0 Å². The zero-order valence-electron chi connectivity index (χ0n) is 8.86. The molecule has 86 valence electrons. The average Bonchev–Trinajstić information content (AvgIpc) is 2.64. The number of likely N-dealkylation sites (N-methyl/N-ethyl adjacent to an activating group) is 1. The van der Waals surface area contributed by atoms with Gasteiger partial charge >= 0.3 is 0 Å². The van der Waals surface area contributed by atoms with E-state index in [0.29, 0.717) is 6.54 Å². The third-order valence-electron chi connectivity index (χ3n) is 2.99. The van der Waals surface area contributed by atoms with Crippen LogP contribution in [0.5, 0.6) is 11.5 Å². The van der Waals surface area contributed by atoms with Crippen LogP contribution in [0.4, 0.5) is 0 Å². The molecule has 1 aromatic carbocycles. The minimum absolute atomic E-state index is 0.278. The first kappa shape index (κ1) is 10.6. The number of nitrogens with zero attached hydrogens (tertiary/aromatic N) is 1. The van der Waals surface area contributed by atoms with Gasteiger partial charge in [0.05, 0.1) is 9.67 Å². The molecule has 2 aliphatic rings. The highest BCUT2D eigenvalue weighted by atomic mass is 127. The van der Waals surface area contributed by atoms with Gasteiger partial charge in [0.2, 0.25) is 6.79 Å². The molecule has 1 atom stereocenters. The van der Waals surface area contributed by atoms with Crippen molar-refractivity contribution < 1.29 is 14.6 Å². The maximum absolute atomic E-state index is 10.1. The standard InChI is InChI=1S/C11H12INO3/c1-13-3-6-2-8-11(16-5-15-8)10(12)9(6)7(14)4-13/h2,7,14H,3-5H2,1H3/t7-/m0/s1. The lowest BCUT2D eigenvalue weighted by molar-refractivity contribution is 0.107. The number of halogens is 1. The molecule has 1 aromatic rings. The fourth-order valence-electron chi connectivity index (χ4n) is 2.30. The van der Waals surface area contributed by atoms with Crippen molar-refractivity contribution in [3.8, 4) is 11.5 Å². The van der Waals surface area contributed by atoms with Gasteiger partial charge in [0, 0.05) is 18.7 Å². The van der Waals surface area contributed by atoms with Crippen LogP contribution < -0.4 is 9.47 Å². The van der Waals surface area contributed by atoms with Gasteiger partial charge in [0.15, 0.2) is 11.5 Å². The molecule has 0 unspecified atom stereocenters. The molecular weight excluding hydrogens is 321 g/mol. The molecule has 0 saturated heterocycles. The number of β-amino-alcohol motifs (C(OH)–C–C–N with tert-alkyl or cyclic N) is 1. The van der Waals surface area contributed by atoms with Gasteiger partial charge < -0.3 is 14.6 Å². The zero-order valence-corrected chi connectivity index (χ0v) is 11.0. The molecule has 3 rings (SSSR count). The summed E-state index contributed by atoms with van der Waals surface area (Å²) in [6.07, 6.45) is -0.435. The fourth-order valence-corrected chi connectivity index (χ4v) is 3.43. The van der Waals surface area contributed by atoms with Crippen molar-refractivity contribution in [3.63, 3.8) is 0 Å². The molecule has 1 N–H and O–H groups in total. The fraction of sp³-hybridized carbons (Fsp3) is 0.455. The van der Waals surface area contributed by atoms with Crippen LogP contribution in [0, 0.1) is 3.57 Å². The van der Waals surface area contributed by atoms with Crippen LogP contribution in [0.1, 0.15) is 17.2 Å². The van der Waals surface area contributed by atoms with E-state index >= 15 is 0 Å². The van der Waals surface area contributed by atoms with E-state index in [1.54, 1.807) is 0 Å². The lowest BCUT2D eigenvalue weighted by Gasteiger charge is -2.30. The predicted molar refractivity (Wildman–Crippen MR) is 66.6 cm³/mol. The van der Waals surface area contributed by atoms with E-state index in [0.717, 1.165) is 32.7 Å². The van der Waals surface area contributed by atoms with Crippen LogP contribution in [-0.2, 0) is 6.54 Å². The number of fused-ring (bicyclic) bond motifs is 2. The highest BCUT2D eigenvalue weighted by Crippen LogP contribution is 2.43. The largest absolute Gasteiger partial charge is 0.454 e. The van der Waals surface area contributed by atoms with Crippen LogP contribution in [0.3, 0.4) is 0 Å². The molecular formula is C11H12INO3. The Labute approximate surface area is 107 Å². The van der Waals surface area contributed by atoms with E-state index in [-0.39, 0.29) is 6.79 Å². The van der Waals surface area contributed by atoms with E-state index < -0.39 is 6.10 Å². The molecule has 0 saturated carbocycles. The van der Waals surface area contributed by atoms with Crippen molar-refractivity contribution in [2.75, 3.05) is 20.4 Å². The molecule has 2 heterocycles. The Morgan fingerprint density at radius 3 is 3.12 bits per heavy atom. The lowest BCUT2D eigenvalue weighted by atomic mass is 9.97. The Kier molecular flexibility index (Phi) is 2.49. The second-order valence-electron chi connectivity index (χ2n) is 4.21.